The summed E-state index contributed by atoms with van der Waals surface area (Å²) in [5.74, 6) is -1.88. The van der Waals surface area contributed by atoms with Gasteiger partial charge in [-0.05, 0) is 78.9 Å². The summed E-state index contributed by atoms with van der Waals surface area (Å²) < 4.78 is 27.3. The van der Waals surface area contributed by atoms with Gasteiger partial charge in [0.2, 0.25) is 0 Å². The normalized spacial score (nSPS) is 20.6. The predicted molar refractivity (Wildman–Crippen MR) is 89.2 cm³/mol. The molecule has 0 unspecified atom stereocenters. The predicted octanol–water partition coefficient (Wildman–Crippen LogP) is 5.13. The fourth-order valence-electron chi connectivity index (χ4n) is 3.40. The Morgan fingerprint density at radius 3 is 2.48 bits per heavy atom. The molecule has 0 atom stereocenters. The molecule has 124 valence electrons. The molecule has 0 heterocycles. The van der Waals surface area contributed by atoms with E-state index < -0.39 is 17.4 Å². The van der Waals surface area contributed by atoms with Crippen LogP contribution < -0.4 is 5.32 Å². The van der Waals surface area contributed by atoms with Crippen LogP contribution >= 0.6 is 15.9 Å². The minimum absolute atomic E-state index is 0.0154. The van der Waals surface area contributed by atoms with Crippen molar-refractivity contribution in [2.45, 2.75) is 51.5 Å². The van der Waals surface area contributed by atoms with Crippen LogP contribution in [0.15, 0.2) is 28.4 Å². The summed E-state index contributed by atoms with van der Waals surface area (Å²) in [6, 6.07) is 2.29. The topological polar surface area (TPSA) is 29.1 Å². The van der Waals surface area contributed by atoms with Crippen molar-refractivity contribution < 1.29 is 13.6 Å². The number of allylic oxidation sites excluding steroid dienone is 2. The van der Waals surface area contributed by atoms with Gasteiger partial charge in [0.05, 0.1) is 10.0 Å². The van der Waals surface area contributed by atoms with Crippen molar-refractivity contribution in [2.75, 3.05) is 0 Å². The van der Waals surface area contributed by atoms with Gasteiger partial charge in [0.1, 0.15) is 11.6 Å². The molecule has 5 heteroatoms. The standard InChI is InChI=1S/C18H20BrF2NO/c1-11(22-12-2-4-18(5-3-12)6-7-18)8-17(23)13-9-16(21)14(19)10-15(13)20/h8-10,12,22H,2-7H2,1H3/b11-8-. The maximum atomic E-state index is 13.8. The molecule has 0 amide bonds. The maximum absolute atomic E-state index is 13.8. The Kier molecular flexibility index (Phi) is 4.59. The monoisotopic (exact) mass is 383 g/mol. The molecule has 0 radical (unpaired) electrons. The van der Waals surface area contributed by atoms with E-state index in [0.29, 0.717) is 17.2 Å². The van der Waals surface area contributed by atoms with Crippen LogP contribution in [-0.2, 0) is 0 Å². The number of halogens is 3. The Balaban J connectivity index is 1.63. The Morgan fingerprint density at radius 1 is 1.22 bits per heavy atom. The number of rotatable bonds is 4. The molecule has 1 aromatic carbocycles. The third-order valence-electron chi connectivity index (χ3n) is 5.06. The van der Waals surface area contributed by atoms with Gasteiger partial charge in [0, 0.05) is 17.8 Å². The van der Waals surface area contributed by atoms with E-state index in [1.54, 1.807) is 6.92 Å². The van der Waals surface area contributed by atoms with Crippen molar-refractivity contribution in [2.24, 2.45) is 5.41 Å². The number of carbonyl (C=O) groups excluding carboxylic acids is 1. The number of hydrogen-bond acceptors (Lipinski definition) is 2. The Labute approximate surface area is 143 Å². The van der Waals surface area contributed by atoms with Gasteiger partial charge in [-0.15, -0.1) is 0 Å². The second kappa shape index (κ2) is 6.34. The van der Waals surface area contributed by atoms with Crippen molar-refractivity contribution >= 4 is 21.7 Å². The van der Waals surface area contributed by atoms with E-state index in [1.807, 2.05) is 0 Å². The third kappa shape index (κ3) is 3.82. The van der Waals surface area contributed by atoms with Gasteiger partial charge in [0.25, 0.3) is 0 Å². The van der Waals surface area contributed by atoms with Gasteiger partial charge in [0.15, 0.2) is 5.78 Å². The third-order valence-corrected chi connectivity index (χ3v) is 5.67. The SMILES string of the molecule is C/C(=C/C(=O)c1cc(F)c(Br)cc1F)NC1CCC2(CC1)CC2. The van der Waals surface area contributed by atoms with Crippen LogP contribution in [0.2, 0.25) is 0 Å². The molecule has 2 aliphatic carbocycles. The summed E-state index contributed by atoms with van der Waals surface area (Å²) in [7, 11) is 0. The average molecular weight is 384 g/mol. The molecule has 2 saturated carbocycles. The molecule has 1 N–H and O–H groups in total. The van der Waals surface area contributed by atoms with Gasteiger partial charge in [-0.25, -0.2) is 8.78 Å². The Morgan fingerprint density at radius 2 is 1.87 bits per heavy atom. The van der Waals surface area contributed by atoms with E-state index >= 15 is 0 Å². The molecule has 2 fully saturated rings. The molecule has 2 nitrogen and oxygen atoms in total. The molecule has 0 aromatic heterocycles. The summed E-state index contributed by atoms with van der Waals surface area (Å²) >= 11 is 2.91. The van der Waals surface area contributed by atoms with Crippen LogP contribution in [0.5, 0.6) is 0 Å². The van der Waals surface area contributed by atoms with Gasteiger partial charge < -0.3 is 5.32 Å². The first-order valence-corrected chi connectivity index (χ1v) is 8.82. The van der Waals surface area contributed by atoms with Gasteiger partial charge in [-0.1, -0.05) is 0 Å². The Hall–Kier alpha value is -1.23. The molecule has 1 spiro atoms. The van der Waals surface area contributed by atoms with Crippen LogP contribution in [0.3, 0.4) is 0 Å². The van der Waals surface area contributed by atoms with Crippen molar-refractivity contribution in [1.29, 1.82) is 0 Å². The molecule has 0 bridgehead atoms. The zero-order valence-electron chi connectivity index (χ0n) is 13.1. The lowest BCUT2D eigenvalue weighted by Crippen LogP contribution is -2.32. The van der Waals surface area contributed by atoms with Crippen LogP contribution in [0, 0.1) is 17.0 Å². The van der Waals surface area contributed by atoms with Crippen molar-refractivity contribution in [3.63, 3.8) is 0 Å². The lowest BCUT2D eigenvalue weighted by atomic mass is 9.83. The molecule has 3 rings (SSSR count). The van der Waals surface area contributed by atoms with E-state index in [0.717, 1.165) is 25.0 Å². The maximum Gasteiger partial charge on any atom is 0.190 e. The minimum atomic E-state index is -0.722. The lowest BCUT2D eigenvalue weighted by Gasteiger charge is -2.29. The highest BCUT2D eigenvalue weighted by Gasteiger charge is 2.44. The fourth-order valence-corrected chi connectivity index (χ4v) is 3.72. The van der Waals surface area contributed by atoms with Crippen molar-refractivity contribution in [1.82, 2.24) is 5.32 Å². The molecule has 1 aromatic rings. The molecule has 0 saturated heterocycles. The van der Waals surface area contributed by atoms with Crippen molar-refractivity contribution in [3.05, 3.63) is 45.6 Å². The largest absolute Gasteiger partial charge is 0.386 e. The summed E-state index contributed by atoms with van der Waals surface area (Å²) in [6.45, 7) is 1.80. The zero-order valence-corrected chi connectivity index (χ0v) is 14.7. The molecule has 2 aliphatic rings. The number of benzene rings is 1. The highest BCUT2D eigenvalue weighted by atomic mass is 79.9. The van der Waals surface area contributed by atoms with Gasteiger partial charge >= 0.3 is 0 Å². The summed E-state index contributed by atoms with van der Waals surface area (Å²) in [6.07, 6.45) is 8.80. The first-order valence-electron chi connectivity index (χ1n) is 8.02. The minimum Gasteiger partial charge on any atom is -0.386 e. The first-order chi connectivity index (χ1) is 10.9. The van der Waals surface area contributed by atoms with E-state index in [4.69, 9.17) is 0 Å². The molecule has 0 aliphatic heterocycles. The van der Waals surface area contributed by atoms with Crippen LogP contribution in [-0.4, -0.2) is 11.8 Å². The van der Waals surface area contributed by atoms with E-state index in [-0.39, 0.29) is 10.0 Å². The number of ketones is 1. The molecule has 23 heavy (non-hydrogen) atoms. The van der Waals surface area contributed by atoms with E-state index in [1.165, 1.54) is 31.8 Å². The number of hydrogen-bond donors (Lipinski definition) is 1. The summed E-state index contributed by atoms with van der Waals surface area (Å²) in [4.78, 5) is 12.2. The van der Waals surface area contributed by atoms with E-state index in [2.05, 4.69) is 21.2 Å². The highest BCUT2D eigenvalue weighted by molar-refractivity contribution is 9.10. The van der Waals surface area contributed by atoms with Crippen molar-refractivity contribution in [3.8, 4) is 0 Å². The second-order valence-electron chi connectivity index (χ2n) is 6.86. The quantitative estimate of drug-likeness (QED) is 0.443. The summed E-state index contributed by atoms with van der Waals surface area (Å²) in [5.41, 5.74) is 1.09. The second-order valence-corrected chi connectivity index (χ2v) is 7.71. The average Bonchev–Trinajstić information content (AvgIpc) is 3.25. The van der Waals surface area contributed by atoms with E-state index in [9.17, 15) is 13.6 Å². The highest BCUT2D eigenvalue weighted by Crippen LogP contribution is 2.56. The van der Waals surface area contributed by atoms with Gasteiger partial charge in [-0.3, -0.25) is 4.79 Å². The van der Waals surface area contributed by atoms with Crippen LogP contribution in [0.1, 0.15) is 55.8 Å². The fraction of sp³-hybridized carbons (Fsp3) is 0.500. The van der Waals surface area contributed by atoms with Crippen LogP contribution in [0.25, 0.3) is 0 Å². The zero-order chi connectivity index (χ0) is 16.6. The Bertz CT molecular complexity index is 657. The molecular formula is C18H20BrF2NO. The molecular weight excluding hydrogens is 364 g/mol. The first kappa shape index (κ1) is 16.6. The number of carbonyl (C=O) groups is 1. The van der Waals surface area contributed by atoms with Crippen LogP contribution in [0.4, 0.5) is 8.78 Å². The number of nitrogens with one attached hydrogen (secondary N) is 1. The lowest BCUT2D eigenvalue weighted by molar-refractivity contribution is 0.104. The summed E-state index contributed by atoms with van der Waals surface area (Å²) in [5, 5.41) is 3.35. The van der Waals surface area contributed by atoms with Gasteiger partial charge in [-0.2, -0.15) is 0 Å². The smallest absolute Gasteiger partial charge is 0.190 e.